The molecule has 0 amide bonds. The standard InChI is InChI=1S/C55H58N2/c1-39-25-29-45(30-26-39)56(43-21-13-7-14-22-43)47-33-35-49-51(37-47)54(41-19-11-6-12-20-41)52-38-48(34-36-50(52)53(49)40-17-9-5-10-18-40)57(44-23-15-8-16-24-44)46-31-27-42(28-32-46)55(2,3)4/h7-8,13-16,21-38,40-41H,5-6,9-12,17-20H2,1-4H3. The molecule has 2 nitrogen and oxygen atoms in total. The predicted octanol–water partition coefficient (Wildman–Crippen LogP) is 16.6. The van der Waals surface area contributed by atoms with Crippen molar-refractivity contribution in [2.45, 2.75) is 109 Å². The third-order valence-electron chi connectivity index (χ3n) is 13.0. The Balaban J connectivity index is 1.32. The molecule has 0 radical (unpaired) electrons. The first-order valence-electron chi connectivity index (χ1n) is 21.7. The van der Waals surface area contributed by atoms with Crippen LogP contribution in [-0.4, -0.2) is 0 Å². The lowest BCUT2D eigenvalue weighted by Crippen LogP contribution is -2.14. The summed E-state index contributed by atoms with van der Waals surface area (Å²) in [6.07, 6.45) is 13.0. The molecule has 7 aromatic rings. The molecule has 2 heteroatoms. The van der Waals surface area contributed by atoms with E-state index in [-0.39, 0.29) is 5.41 Å². The Morgan fingerprint density at radius 1 is 0.386 bits per heavy atom. The molecule has 2 aliphatic rings. The lowest BCUT2D eigenvalue weighted by Gasteiger charge is -2.32. The van der Waals surface area contributed by atoms with E-state index in [1.54, 1.807) is 11.1 Å². The molecule has 2 saturated carbocycles. The van der Waals surface area contributed by atoms with Gasteiger partial charge in [-0.3, -0.25) is 0 Å². The van der Waals surface area contributed by atoms with Gasteiger partial charge >= 0.3 is 0 Å². The number of hydrogen-bond donors (Lipinski definition) is 0. The number of aryl methyl sites for hydroxylation is 1. The minimum absolute atomic E-state index is 0.0962. The number of para-hydroxylation sites is 2. The number of anilines is 6. The van der Waals surface area contributed by atoms with Crippen molar-refractivity contribution in [2.75, 3.05) is 9.80 Å². The van der Waals surface area contributed by atoms with E-state index in [1.165, 1.54) is 131 Å². The monoisotopic (exact) mass is 746 g/mol. The second-order valence-electron chi connectivity index (χ2n) is 17.9. The maximum atomic E-state index is 2.58. The molecule has 9 rings (SSSR count). The maximum absolute atomic E-state index is 2.58. The molecule has 7 aromatic carbocycles. The minimum atomic E-state index is 0.0962. The van der Waals surface area contributed by atoms with Gasteiger partial charge in [0.15, 0.2) is 0 Å². The van der Waals surface area contributed by atoms with Crippen LogP contribution in [0.4, 0.5) is 34.1 Å². The predicted molar refractivity (Wildman–Crippen MR) is 246 cm³/mol. The summed E-state index contributed by atoms with van der Waals surface area (Å²) in [5.41, 5.74) is 13.1. The van der Waals surface area contributed by atoms with Gasteiger partial charge in [0, 0.05) is 34.1 Å². The zero-order valence-electron chi connectivity index (χ0n) is 34.5. The normalized spacial score (nSPS) is 15.6. The molecule has 2 fully saturated rings. The topological polar surface area (TPSA) is 6.48 Å². The first kappa shape index (κ1) is 37.2. The summed E-state index contributed by atoms with van der Waals surface area (Å²) in [4.78, 5) is 4.94. The second kappa shape index (κ2) is 15.9. The van der Waals surface area contributed by atoms with Crippen LogP contribution >= 0.6 is 0 Å². The molecular formula is C55H58N2. The van der Waals surface area contributed by atoms with E-state index in [1.807, 2.05) is 0 Å². The minimum Gasteiger partial charge on any atom is -0.310 e. The fourth-order valence-electron chi connectivity index (χ4n) is 10.1. The number of nitrogens with zero attached hydrogens (tertiary/aromatic N) is 2. The molecule has 57 heavy (non-hydrogen) atoms. The van der Waals surface area contributed by atoms with E-state index in [4.69, 9.17) is 0 Å². The third-order valence-corrected chi connectivity index (χ3v) is 13.0. The first-order chi connectivity index (χ1) is 27.8. The summed E-state index contributed by atoms with van der Waals surface area (Å²) < 4.78 is 0. The molecule has 0 bridgehead atoms. The number of hydrogen-bond acceptors (Lipinski definition) is 2. The van der Waals surface area contributed by atoms with Crippen LogP contribution in [0.5, 0.6) is 0 Å². The van der Waals surface area contributed by atoms with Crippen molar-refractivity contribution in [3.8, 4) is 0 Å². The van der Waals surface area contributed by atoms with Gasteiger partial charge in [0.1, 0.15) is 0 Å². The van der Waals surface area contributed by atoms with Gasteiger partial charge in [-0.2, -0.15) is 0 Å². The lowest BCUT2D eigenvalue weighted by molar-refractivity contribution is 0.445. The van der Waals surface area contributed by atoms with Crippen molar-refractivity contribution in [2.24, 2.45) is 0 Å². The van der Waals surface area contributed by atoms with Crippen LogP contribution in [0.2, 0.25) is 0 Å². The Bertz CT molecular complexity index is 2450. The van der Waals surface area contributed by atoms with E-state index in [9.17, 15) is 0 Å². The first-order valence-corrected chi connectivity index (χ1v) is 21.7. The van der Waals surface area contributed by atoms with Crippen molar-refractivity contribution in [1.82, 2.24) is 0 Å². The zero-order valence-corrected chi connectivity index (χ0v) is 34.5. The highest BCUT2D eigenvalue weighted by Crippen LogP contribution is 2.50. The summed E-state index contributed by atoms with van der Waals surface area (Å²) in [5.74, 6) is 1.09. The second-order valence-corrected chi connectivity index (χ2v) is 17.9. The van der Waals surface area contributed by atoms with Gasteiger partial charge in [-0.15, -0.1) is 0 Å². The molecule has 0 aliphatic heterocycles. The highest BCUT2D eigenvalue weighted by molar-refractivity contribution is 6.09. The highest BCUT2D eigenvalue weighted by Gasteiger charge is 2.28. The van der Waals surface area contributed by atoms with Gasteiger partial charge in [-0.1, -0.05) is 138 Å². The van der Waals surface area contributed by atoms with E-state index < -0.39 is 0 Å². The summed E-state index contributed by atoms with van der Waals surface area (Å²) in [6, 6.07) is 55.2. The van der Waals surface area contributed by atoms with Crippen molar-refractivity contribution in [3.05, 3.63) is 168 Å². The molecule has 0 heterocycles. The number of benzene rings is 7. The van der Waals surface area contributed by atoms with Crippen LogP contribution < -0.4 is 9.80 Å². The molecule has 288 valence electrons. The van der Waals surface area contributed by atoms with Crippen LogP contribution in [0.1, 0.15) is 119 Å². The van der Waals surface area contributed by atoms with Crippen molar-refractivity contribution < 1.29 is 0 Å². The van der Waals surface area contributed by atoms with Crippen LogP contribution in [0, 0.1) is 6.92 Å². The van der Waals surface area contributed by atoms with Crippen LogP contribution in [0.25, 0.3) is 21.5 Å². The van der Waals surface area contributed by atoms with Gasteiger partial charge in [0.25, 0.3) is 0 Å². The molecular weight excluding hydrogens is 689 g/mol. The SMILES string of the molecule is Cc1ccc(N(c2ccccc2)c2ccc3c(C4CCCCC4)c4ccc(N(c5ccccc5)c5ccc(C(C)(C)C)cc5)cc4c(C4CCCCC4)c3c2)cc1. The van der Waals surface area contributed by atoms with E-state index >= 15 is 0 Å². The van der Waals surface area contributed by atoms with Gasteiger partial charge in [-0.05, 0) is 161 Å². The van der Waals surface area contributed by atoms with Gasteiger partial charge in [-0.25, -0.2) is 0 Å². The highest BCUT2D eigenvalue weighted by atomic mass is 15.1. The number of rotatable bonds is 8. The summed E-state index contributed by atoms with van der Waals surface area (Å²) >= 11 is 0. The average Bonchev–Trinajstić information content (AvgIpc) is 3.25. The van der Waals surface area contributed by atoms with Crippen LogP contribution in [0.15, 0.2) is 146 Å². The Kier molecular flexibility index (Phi) is 10.4. The lowest BCUT2D eigenvalue weighted by atomic mass is 9.74. The fraction of sp³-hybridized carbons (Fsp3) is 0.309. The quantitative estimate of drug-likeness (QED) is 0.143. The number of fused-ring (bicyclic) bond motifs is 2. The van der Waals surface area contributed by atoms with E-state index in [2.05, 4.69) is 183 Å². The van der Waals surface area contributed by atoms with Crippen molar-refractivity contribution in [3.63, 3.8) is 0 Å². The molecule has 0 unspecified atom stereocenters. The molecule has 0 saturated heterocycles. The van der Waals surface area contributed by atoms with Gasteiger partial charge in [0.2, 0.25) is 0 Å². The van der Waals surface area contributed by atoms with E-state index in [0.717, 1.165) is 0 Å². The summed E-state index contributed by atoms with van der Waals surface area (Å²) in [7, 11) is 0. The molecule has 0 spiro atoms. The average molecular weight is 747 g/mol. The smallest absolute Gasteiger partial charge is 0.0468 e. The van der Waals surface area contributed by atoms with Gasteiger partial charge in [0.05, 0.1) is 0 Å². The van der Waals surface area contributed by atoms with Crippen molar-refractivity contribution >= 4 is 55.7 Å². The third kappa shape index (κ3) is 7.48. The largest absolute Gasteiger partial charge is 0.310 e. The Labute approximate surface area is 341 Å². The summed E-state index contributed by atoms with van der Waals surface area (Å²) in [5, 5.41) is 5.86. The molecule has 0 N–H and O–H groups in total. The van der Waals surface area contributed by atoms with E-state index in [0.29, 0.717) is 11.8 Å². The van der Waals surface area contributed by atoms with Crippen LogP contribution in [-0.2, 0) is 5.41 Å². The Hall–Kier alpha value is -5.34. The molecule has 2 aliphatic carbocycles. The molecule has 0 aromatic heterocycles. The summed E-state index contributed by atoms with van der Waals surface area (Å²) in [6.45, 7) is 9.07. The van der Waals surface area contributed by atoms with Gasteiger partial charge < -0.3 is 9.80 Å². The zero-order chi connectivity index (χ0) is 38.9. The maximum Gasteiger partial charge on any atom is 0.0468 e. The fourth-order valence-corrected chi connectivity index (χ4v) is 10.1. The van der Waals surface area contributed by atoms with Crippen LogP contribution in [0.3, 0.4) is 0 Å². The van der Waals surface area contributed by atoms with Crippen molar-refractivity contribution in [1.29, 1.82) is 0 Å². The molecule has 0 atom stereocenters. The Morgan fingerprint density at radius 3 is 1.18 bits per heavy atom. The Morgan fingerprint density at radius 2 is 0.754 bits per heavy atom.